The Hall–Kier alpha value is -0.280. The first-order chi connectivity index (χ1) is 6.77. The zero-order valence-electron chi connectivity index (χ0n) is 8.67. The summed E-state index contributed by atoms with van der Waals surface area (Å²) in [6.45, 7) is 5.29. The van der Waals surface area contributed by atoms with Crippen LogP contribution in [-0.4, -0.2) is 43.0 Å². The number of likely N-dealkylation sites (tertiary alicyclic amines) is 1. The van der Waals surface area contributed by atoms with E-state index in [1.165, 1.54) is 0 Å². The predicted molar refractivity (Wildman–Crippen MR) is 56.5 cm³/mol. The first kappa shape index (κ1) is 11.8. The minimum absolute atomic E-state index is 0.0570. The fourth-order valence-corrected chi connectivity index (χ4v) is 1.89. The highest BCUT2D eigenvalue weighted by atomic mass is 35.5. The Bertz CT molecular complexity index is 179. The molecule has 0 bridgehead atoms. The maximum atomic E-state index is 11.3. The lowest BCUT2D eigenvalue weighted by molar-refractivity contribution is -0.130. The Kier molecular flexibility index (Phi) is 5.26. The third kappa shape index (κ3) is 3.46. The normalized spacial score (nSPS) is 18.6. The number of piperidine rings is 1. The van der Waals surface area contributed by atoms with Crippen LogP contribution in [0.25, 0.3) is 0 Å². The van der Waals surface area contributed by atoms with Crippen LogP contribution in [0.2, 0.25) is 0 Å². The van der Waals surface area contributed by atoms with E-state index < -0.39 is 0 Å². The van der Waals surface area contributed by atoms with Crippen LogP contribution in [-0.2, 0) is 9.53 Å². The van der Waals surface area contributed by atoms with Crippen molar-refractivity contribution >= 4 is 17.5 Å². The molecule has 0 radical (unpaired) electrons. The van der Waals surface area contributed by atoms with Gasteiger partial charge < -0.3 is 9.64 Å². The van der Waals surface area contributed by atoms with Gasteiger partial charge in [0.1, 0.15) is 5.88 Å². The molecule has 1 aliphatic rings. The molecule has 1 saturated heterocycles. The first-order valence-electron chi connectivity index (χ1n) is 5.19. The monoisotopic (exact) mass is 219 g/mol. The highest BCUT2D eigenvalue weighted by Crippen LogP contribution is 2.17. The molecule has 0 aromatic heterocycles. The molecule has 1 heterocycles. The van der Waals surface area contributed by atoms with Gasteiger partial charge in [-0.25, -0.2) is 0 Å². The lowest BCUT2D eigenvalue weighted by Crippen LogP contribution is -2.40. The number of amides is 1. The Labute approximate surface area is 90.4 Å². The van der Waals surface area contributed by atoms with Crippen LogP contribution in [0.1, 0.15) is 19.8 Å². The average molecular weight is 220 g/mol. The number of nitrogens with zero attached hydrogens (tertiary/aromatic N) is 1. The summed E-state index contributed by atoms with van der Waals surface area (Å²) < 4.78 is 5.37. The topological polar surface area (TPSA) is 29.5 Å². The summed E-state index contributed by atoms with van der Waals surface area (Å²) in [4.78, 5) is 13.1. The lowest BCUT2D eigenvalue weighted by Gasteiger charge is -2.31. The van der Waals surface area contributed by atoms with Crippen molar-refractivity contribution in [2.24, 2.45) is 5.92 Å². The average Bonchev–Trinajstić information content (AvgIpc) is 2.26. The highest BCUT2D eigenvalue weighted by Gasteiger charge is 2.21. The summed E-state index contributed by atoms with van der Waals surface area (Å²) in [6.07, 6.45) is 2.09. The fraction of sp³-hybridized carbons (Fsp3) is 0.900. The molecule has 1 fully saturated rings. The standard InChI is InChI=1S/C10H18ClNO2/c1-2-14-8-9-3-5-12(6-4-9)10(13)7-11/h9H,2-8H2,1H3. The number of halogens is 1. The maximum Gasteiger partial charge on any atom is 0.237 e. The van der Waals surface area contributed by atoms with Crippen LogP contribution in [0.3, 0.4) is 0 Å². The van der Waals surface area contributed by atoms with Crippen LogP contribution >= 0.6 is 11.6 Å². The molecular weight excluding hydrogens is 202 g/mol. The molecule has 1 amide bonds. The third-order valence-electron chi connectivity index (χ3n) is 2.64. The summed E-state index contributed by atoms with van der Waals surface area (Å²) in [6, 6.07) is 0. The van der Waals surface area contributed by atoms with Crippen LogP contribution in [0, 0.1) is 5.92 Å². The van der Waals surface area contributed by atoms with Gasteiger partial charge in [-0.3, -0.25) is 4.79 Å². The smallest absolute Gasteiger partial charge is 0.237 e. The molecule has 1 aliphatic heterocycles. The quantitative estimate of drug-likeness (QED) is 0.671. The fourth-order valence-electron chi connectivity index (χ4n) is 1.72. The summed E-state index contributed by atoms with van der Waals surface area (Å²) in [5, 5.41) is 0. The van der Waals surface area contributed by atoms with Crippen molar-refractivity contribution in [2.45, 2.75) is 19.8 Å². The van der Waals surface area contributed by atoms with Gasteiger partial charge >= 0.3 is 0 Å². The van der Waals surface area contributed by atoms with E-state index in [4.69, 9.17) is 16.3 Å². The van der Waals surface area contributed by atoms with Gasteiger partial charge in [-0.05, 0) is 25.7 Å². The second kappa shape index (κ2) is 6.25. The Morgan fingerprint density at radius 2 is 2.14 bits per heavy atom. The minimum Gasteiger partial charge on any atom is -0.381 e. The molecule has 0 N–H and O–H groups in total. The van der Waals surface area contributed by atoms with E-state index in [2.05, 4.69) is 0 Å². The Morgan fingerprint density at radius 3 is 2.64 bits per heavy atom. The predicted octanol–water partition coefficient (Wildman–Crippen LogP) is 1.50. The summed E-state index contributed by atoms with van der Waals surface area (Å²) in [7, 11) is 0. The van der Waals surface area contributed by atoms with Crippen LogP contribution in [0.4, 0.5) is 0 Å². The van der Waals surface area contributed by atoms with E-state index in [1.54, 1.807) is 0 Å². The molecule has 0 atom stereocenters. The summed E-state index contributed by atoms with van der Waals surface area (Å²) >= 11 is 5.49. The molecule has 0 saturated carbocycles. The third-order valence-corrected chi connectivity index (χ3v) is 2.87. The number of carbonyl (C=O) groups is 1. The lowest BCUT2D eigenvalue weighted by atomic mass is 9.98. The van der Waals surface area contributed by atoms with E-state index in [-0.39, 0.29) is 11.8 Å². The molecule has 3 nitrogen and oxygen atoms in total. The molecule has 82 valence electrons. The number of rotatable bonds is 4. The number of carbonyl (C=O) groups excluding carboxylic acids is 1. The van der Waals surface area contributed by atoms with Crippen molar-refractivity contribution in [1.82, 2.24) is 4.90 Å². The van der Waals surface area contributed by atoms with Crippen molar-refractivity contribution in [3.8, 4) is 0 Å². The molecule has 0 spiro atoms. The van der Waals surface area contributed by atoms with Crippen molar-refractivity contribution in [2.75, 3.05) is 32.2 Å². The SMILES string of the molecule is CCOCC1CCN(C(=O)CCl)CC1. The van der Waals surface area contributed by atoms with E-state index in [0.717, 1.165) is 39.1 Å². The van der Waals surface area contributed by atoms with Gasteiger partial charge in [0, 0.05) is 26.3 Å². The first-order valence-corrected chi connectivity index (χ1v) is 5.72. The van der Waals surface area contributed by atoms with Crippen LogP contribution < -0.4 is 0 Å². The van der Waals surface area contributed by atoms with Crippen LogP contribution in [0.5, 0.6) is 0 Å². The van der Waals surface area contributed by atoms with Gasteiger partial charge in [0.2, 0.25) is 5.91 Å². The molecule has 0 unspecified atom stereocenters. The van der Waals surface area contributed by atoms with Crippen molar-refractivity contribution in [3.63, 3.8) is 0 Å². The van der Waals surface area contributed by atoms with Gasteiger partial charge in [-0.15, -0.1) is 11.6 Å². The van der Waals surface area contributed by atoms with E-state index >= 15 is 0 Å². The number of hydrogen-bond acceptors (Lipinski definition) is 2. The second-order valence-electron chi connectivity index (χ2n) is 3.62. The highest BCUT2D eigenvalue weighted by molar-refractivity contribution is 6.27. The number of ether oxygens (including phenoxy) is 1. The molecule has 1 rings (SSSR count). The molecule has 4 heteroatoms. The molecule has 0 aliphatic carbocycles. The largest absolute Gasteiger partial charge is 0.381 e. The van der Waals surface area contributed by atoms with Gasteiger partial charge in [0.25, 0.3) is 0 Å². The Morgan fingerprint density at radius 1 is 1.50 bits per heavy atom. The van der Waals surface area contributed by atoms with Crippen LogP contribution in [0.15, 0.2) is 0 Å². The number of hydrogen-bond donors (Lipinski definition) is 0. The molecule has 0 aromatic carbocycles. The van der Waals surface area contributed by atoms with Crippen molar-refractivity contribution in [3.05, 3.63) is 0 Å². The summed E-state index contributed by atoms with van der Waals surface area (Å²) in [5.41, 5.74) is 0. The van der Waals surface area contributed by atoms with E-state index in [0.29, 0.717) is 5.92 Å². The van der Waals surface area contributed by atoms with Crippen molar-refractivity contribution in [1.29, 1.82) is 0 Å². The minimum atomic E-state index is 0.0570. The van der Waals surface area contributed by atoms with E-state index in [9.17, 15) is 4.79 Å². The number of alkyl halides is 1. The molecule has 0 aromatic rings. The van der Waals surface area contributed by atoms with Gasteiger partial charge in [-0.2, -0.15) is 0 Å². The second-order valence-corrected chi connectivity index (χ2v) is 3.88. The maximum absolute atomic E-state index is 11.3. The summed E-state index contributed by atoms with van der Waals surface area (Å²) in [5.74, 6) is 0.784. The van der Waals surface area contributed by atoms with E-state index in [1.807, 2.05) is 11.8 Å². The van der Waals surface area contributed by atoms with Gasteiger partial charge in [0.05, 0.1) is 0 Å². The zero-order chi connectivity index (χ0) is 10.4. The Balaban J connectivity index is 2.20. The van der Waals surface area contributed by atoms with Gasteiger partial charge in [-0.1, -0.05) is 0 Å². The van der Waals surface area contributed by atoms with Gasteiger partial charge in [0.15, 0.2) is 0 Å². The molecule has 14 heavy (non-hydrogen) atoms. The zero-order valence-corrected chi connectivity index (χ0v) is 9.42. The molecular formula is C10H18ClNO2. The van der Waals surface area contributed by atoms with Crippen molar-refractivity contribution < 1.29 is 9.53 Å².